The molecule has 0 amide bonds. The van der Waals surface area contributed by atoms with Gasteiger partial charge in [0.15, 0.2) is 5.58 Å². The Balaban J connectivity index is 1.38. The quantitative estimate of drug-likeness (QED) is 0.528. The van der Waals surface area contributed by atoms with Crippen molar-refractivity contribution in [3.05, 3.63) is 76.5 Å². The topological polar surface area (TPSA) is 76.7 Å². The van der Waals surface area contributed by atoms with Crippen LogP contribution in [0.4, 0.5) is 0 Å². The van der Waals surface area contributed by atoms with E-state index < -0.39 is 0 Å². The van der Waals surface area contributed by atoms with Crippen molar-refractivity contribution >= 4 is 35.0 Å². The van der Waals surface area contributed by atoms with Crippen LogP contribution in [0.3, 0.4) is 0 Å². The fraction of sp³-hybridized carbons (Fsp3) is 0.105. The first kappa shape index (κ1) is 16.4. The molecule has 0 atom stereocenters. The number of thioether (sulfide) groups is 1. The summed E-state index contributed by atoms with van der Waals surface area (Å²) >= 11 is 1.49. The SMILES string of the molecule is O=c1oc2ccccc2n1CCSc1n[nH]c(/C=C/c2ccccc2)n1. The van der Waals surface area contributed by atoms with Crippen LogP contribution in [-0.2, 0) is 6.54 Å². The number of hydrogen-bond acceptors (Lipinski definition) is 5. The maximum Gasteiger partial charge on any atom is 0.419 e. The number of aromatic amines is 1. The van der Waals surface area contributed by atoms with Crippen LogP contribution in [-0.4, -0.2) is 25.5 Å². The fourth-order valence-electron chi connectivity index (χ4n) is 2.59. The highest BCUT2D eigenvalue weighted by Crippen LogP contribution is 2.16. The summed E-state index contributed by atoms with van der Waals surface area (Å²) in [5.41, 5.74) is 2.51. The van der Waals surface area contributed by atoms with Gasteiger partial charge in [-0.05, 0) is 23.8 Å². The van der Waals surface area contributed by atoms with Crippen LogP contribution in [0.15, 0.2) is 69.0 Å². The Labute approximate surface area is 153 Å². The van der Waals surface area contributed by atoms with Crippen molar-refractivity contribution in [3.63, 3.8) is 0 Å². The van der Waals surface area contributed by atoms with Crippen molar-refractivity contribution in [3.8, 4) is 0 Å². The minimum absolute atomic E-state index is 0.340. The highest BCUT2D eigenvalue weighted by molar-refractivity contribution is 7.99. The summed E-state index contributed by atoms with van der Waals surface area (Å²) in [5, 5.41) is 7.75. The highest BCUT2D eigenvalue weighted by Gasteiger charge is 2.09. The fourth-order valence-corrected chi connectivity index (χ4v) is 3.32. The summed E-state index contributed by atoms with van der Waals surface area (Å²) in [6.07, 6.45) is 3.87. The molecule has 0 aliphatic carbocycles. The Bertz CT molecular complexity index is 1100. The van der Waals surface area contributed by atoms with Crippen LogP contribution in [0, 0.1) is 0 Å². The van der Waals surface area contributed by atoms with Gasteiger partial charge in [0, 0.05) is 12.3 Å². The number of fused-ring (bicyclic) bond motifs is 1. The molecule has 0 saturated heterocycles. The van der Waals surface area contributed by atoms with Gasteiger partial charge in [0.25, 0.3) is 0 Å². The molecule has 2 aromatic heterocycles. The Morgan fingerprint density at radius 3 is 2.77 bits per heavy atom. The number of para-hydroxylation sites is 2. The van der Waals surface area contributed by atoms with Crippen LogP contribution < -0.4 is 5.76 Å². The van der Waals surface area contributed by atoms with Crippen LogP contribution in [0.25, 0.3) is 23.3 Å². The molecular formula is C19H16N4O2S. The molecule has 0 aliphatic rings. The summed E-state index contributed by atoms with van der Waals surface area (Å²) in [6.45, 7) is 0.532. The average Bonchev–Trinajstić information content (AvgIpc) is 3.25. The summed E-state index contributed by atoms with van der Waals surface area (Å²) in [5.74, 6) is 1.03. The number of aromatic nitrogens is 4. The summed E-state index contributed by atoms with van der Waals surface area (Å²) in [6, 6.07) is 17.4. The third kappa shape index (κ3) is 3.62. The van der Waals surface area contributed by atoms with Gasteiger partial charge in [0.1, 0.15) is 5.82 Å². The molecule has 0 spiro atoms. The molecule has 4 aromatic rings. The number of aryl methyl sites for hydroxylation is 1. The van der Waals surface area contributed by atoms with Gasteiger partial charge in [0.2, 0.25) is 5.16 Å². The standard InChI is InChI=1S/C19H16N4O2S/c24-19-23(15-8-4-5-9-16(15)25-19)12-13-26-18-20-17(21-22-18)11-10-14-6-2-1-3-7-14/h1-11H,12-13H2,(H,20,21,22)/b11-10+. The number of nitrogens with one attached hydrogen (secondary N) is 1. The Kier molecular flexibility index (Phi) is 4.70. The Morgan fingerprint density at radius 1 is 1.08 bits per heavy atom. The number of benzene rings is 2. The first-order chi connectivity index (χ1) is 12.8. The number of hydrogen-bond donors (Lipinski definition) is 1. The zero-order valence-electron chi connectivity index (χ0n) is 13.8. The van der Waals surface area contributed by atoms with E-state index in [0.29, 0.717) is 28.9 Å². The maximum absolute atomic E-state index is 11.9. The number of nitrogens with zero attached hydrogens (tertiary/aromatic N) is 3. The van der Waals surface area contributed by atoms with Crippen molar-refractivity contribution in [2.75, 3.05) is 5.75 Å². The van der Waals surface area contributed by atoms with Gasteiger partial charge in [-0.1, -0.05) is 60.3 Å². The van der Waals surface area contributed by atoms with Crippen molar-refractivity contribution in [1.82, 2.24) is 19.7 Å². The van der Waals surface area contributed by atoms with Crippen LogP contribution in [0.2, 0.25) is 0 Å². The lowest BCUT2D eigenvalue weighted by Gasteiger charge is -1.99. The van der Waals surface area contributed by atoms with Gasteiger partial charge in [0.05, 0.1) is 5.52 Å². The molecule has 1 N–H and O–H groups in total. The van der Waals surface area contributed by atoms with Gasteiger partial charge in [-0.2, -0.15) is 0 Å². The smallest absolute Gasteiger partial charge is 0.408 e. The normalized spacial score (nSPS) is 11.5. The molecule has 2 heterocycles. The average molecular weight is 364 g/mol. The number of H-pyrrole nitrogens is 1. The molecule has 7 heteroatoms. The van der Waals surface area contributed by atoms with Gasteiger partial charge in [-0.25, -0.2) is 9.78 Å². The second-order valence-electron chi connectivity index (χ2n) is 5.58. The molecule has 0 bridgehead atoms. The minimum atomic E-state index is -0.340. The lowest BCUT2D eigenvalue weighted by molar-refractivity contribution is 0.514. The largest absolute Gasteiger partial charge is 0.419 e. The van der Waals surface area contributed by atoms with E-state index in [1.54, 1.807) is 10.6 Å². The summed E-state index contributed by atoms with van der Waals surface area (Å²) in [7, 11) is 0. The number of rotatable bonds is 6. The first-order valence-electron chi connectivity index (χ1n) is 8.16. The second kappa shape index (κ2) is 7.45. The molecule has 0 saturated carbocycles. The van der Waals surface area contributed by atoms with E-state index in [1.165, 1.54) is 11.8 Å². The molecule has 26 heavy (non-hydrogen) atoms. The molecular weight excluding hydrogens is 348 g/mol. The second-order valence-corrected chi connectivity index (χ2v) is 6.65. The molecule has 0 radical (unpaired) electrons. The highest BCUT2D eigenvalue weighted by atomic mass is 32.2. The molecule has 0 aliphatic heterocycles. The van der Waals surface area contributed by atoms with Crippen molar-refractivity contribution in [2.24, 2.45) is 0 Å². The van der Waals surface area contributed by atoms with Gasteiger partial charge < -0.3 is 4.42 Å². The predicted octanol–water partition coefficient (Wildman–Crippen LogP) is 3.68. The van der Waals surface area contributed by atoms with E-state index in [-0.39, 0.29) is 5.76 Å². The van der Waals surface area contributed by atoms with Crippen LogP contribution in [0.5, 0.6) is 0 Å². The lowest BCUT2D eigenvalue weighted by atomic mass is 10.2. The maximum atomic E-state index is 11.9. The molecule has 4 rings (SSSR count). The first-order valence-corrected chi connectivity index (χ1v) is 9.15. The molecule has 6 nitrogen and oxygen atoms in total. The minimum Gasteiger partial charge on any atom is -0.408 e. The molecule has 130 valence electrons. The molecule has 0 unspecified atom stereocenters. The monoisotopic (exact) mass is 364 g/mol. The number of oxazole rings is 1. The predicted molar refractivity (Wildman–Crippen MR) is 103 cm³/mol. The molecule has 2 aromatic carbocycles. The summed E-state index contributed by atoms with van der Waals surface area (Å²) in [4.78, 5) is 16.4. The lowest BCUT2D eigenvalue weighted by Crippen LogP contribution is -2.15. The van der Waals surface area contributed by atoms with E-state index in [1.807, 2.05) is 60.7 Å². The van der Waals surface area contributed by atoms with Crippen molar-refractivity contribution < 1.29 is 4.42 Å². The third-order valence-corrected chi connectivity index (χ3v) is 4.66. The Hall–Kier alpha value is -3.06. The molecule has 0 fully saturated rings. The van der Waals surface area contributed by atoms with Gasteiger partial charge in [-0.15, -0.1) is 5.10 Å². The summed E-state index contributed by atoms with van der Waals surface area (Å²) < 4.78 is 6.86. The zero-order valence-corrected chi connectivity index (χ0v) is 14.6. The van der Waals surface area contributed by atoms with E-state index in [9.17, 15) is 4.79 Å². The van der Waals surface area contributed by atoms with Crippen molar-refractivity contribution in [2.45, 2.75) is 11.7 Å². The van der Waals surface area contributed by atoms with Gasteiger partial charge in [-0.3, -0.25) is 9.67 Å². The van der Waals surface area contributed by atoms with Crippen molar-refractivity contribution in [1.29, 1.82) is 0 Å². The zero-order chi connectivity index (χ0) is 17.8. The van der Waals surface area contributed by atoms with Crippen LogP contribution >= 0.6 is 11.8 Å². The Morgan fingerprint density at radius 2 is 1.88 bits per heavy atom. The van der Waals surface area contributed by atoms with Crippen LogP contribution in [0.1, 0.15) is 11.4 Å². The van der Waals surface area contributed by atoms with Gasteiger partial charge >= 0.3 is 5.76 Å². The van der Waals surface area contributed by atoms with E-state index in [0.717, 1.165) is 11.1 Å². The third-order valence-electron chi connectivity index (χ3n) is 3.84. The van der Waals surface area contributed by atoms with E-state index in [4.69, 9.17) is 4.42 Å². The van der Waals surface area contributed by atoms with E-state index >= 15 is 0 Å². The van der Waals surface area contributed by atoms with E-state index in [2.05, 4.69) is 15.2 Å².